The van der Waals surface area contributed by atoms with E-state index in [4.69, 9.17) is 5.10 Å². The van der Waals surface area contributed by atoms with Gasteiger partial charge in [0.25, 0.3) is 0 Å². The molecule has 3 heteroatoms. The maximum atomic E-state index is 4.79. The molecular weight excluding hydrogens is 288 g/mol. The third-order valence-electron chi connectivity index (χ3n) is 4.43. The molecule has 0 bridgehead atoms. The average molecular weight is 313 g/mol. The van der Waals surface area contributed by atoms with Gasteiger partial charge < -0.3 is 0 Å². The summed E-state index contributed by atoms with van der Waals surface area (Å²) in [5.74, 6) is 0.898. The molecule has 1 unspecified atom stereocenters. The molecule has 0 amide bonds. The Morgan fingerprint density at radius 3 is 2.61 bits per heavy atom. The van der Waals surface area contributed by atoms with Crippen molar-refractivity contribution in [1.29, 1.82) is 0 Å². The van der Waals surface area contributed by atoms with E-state index in [9.17, 15) is 0 Å². The van der Waals surface area contributed by atoms with E-state index in [1.54, 1.807) is 0 Å². The van der Waals surface area contributed by atoms with Crippen LogP contribution in [0.5, 0.6) is 0 Å². The molecule has 1 atom stereocenters. The van der Waals surface area contributed by atoms with Gasteiger partial charge in [-0.05, 0) is 49.5 Å². The number of alkyl halides is 1. The Labute approximate surface area is 119 Å². The standard InChI is InChI=1S/C15H25BrN2/c1-4-14(5-2)18-9-8-13(17-18)10-15(3,11-16)12-6-7-12/h8-9,12,14H,4-7,10-11H2,1-3H3. The maximum absolute atomic E-state index is 4.79. The van der Waals surface area contributed by atoms with Gasteiger partial charge in [0.1, 0.15) is 0 Å². The molecule has 1 fully saturated rings. The zero-order chi connectivity index (χ0) is 13.2. The fraction of sp³-hybridized carbons (Fsp3) is 0.800. The maximum Gasteiger partial charge on any atom is 0.0630 e. The summed E-state index contributed by atoms with van der Waals surface area (Å²) < 4.78 is 2.16. The highest BCUT2D eigenvalue weighted by Gasteiger charge is 2.41. The highest BCUT2D eigenvalue weighted by Crippen LogP contribution is 2.48. The molecule has 1 heterocycles. The number of aromatic nitrogens is 2. The first-order chi connectivity index (χ1) is 8.62. The first-order valence-corrected chi connectivity index (χ1v) is 8.35. The molecule has 1 aromatic heterocycles. The summed E-state index contributed by atoms with van der Waals surface area (Å²) in [4.78, 5) is 0. The van der Waals surface area contributed by atoms with Crippen molar-refractivity contribution in [3.8, 4) is 0 Å². The van der Waals surface area contributed by atoms with Crippen molar-refractivity contribution in [3.05, 3.63) is 18.0 Å². The van der Waals surface area contributed by atoms with Gasteiger partial charge in [0.15, 0.2) is 0 Å². The molecule has 1 aliphatic rings. The number of nitrogens with zero attached hydrogens (tertiary/aromatic N) is 2. The predicted octanol–water partition coefficient (Wildman–Crippen LogP) is 4.60. The van der Waals surface area contributed by atoms with Crippen molar-refractivity contribution in [2.24, 2.45) is 11.3 Å². The van der Waals surface area contributed by atoms with Crippen molar-refractivity contribution in [1.82, 2.24) is 9.78 Å². The second-order valence-electron chi connectivity index (χ2n) is 6.00. The van der Waals surface area contributed by atoms with Gasteiger partial charge in [0.05, 0.1) is 11.7 Å². The number of rotatable bonds is 7. The van der Waals surface area contributed by atoms with Crippen LogP contribution in [0.25, 0.3) is 0 Å². The van der Waals surface area contributed by atoms with E-state index in [0.717, 1.165) is 30.5 Å². The van der Waals surface area contributed by atoms with Crippen LogP contribution in [0.4, 0.5) is 0 Å². The minimum atomic E-state index is 0.396. The summed E-state index contributed by atoms with van der Waals surface area (Å²) in [5.41, 5.74) is 1.66. The van der Waals surface area contributed by atoms with Gasteiger partial charge in [0, 0.05) is 11.5 Å². The fourth-order valence-electron chi connectivity index (χ4n) is 2.83. The molecule has 18 heavy (non-hydrogen) atoms. The molecule has 0 aromatic carbocycles. The van der Waals surface area contributed by atoms with E-state index in [1.165, 1.54) is 18.5 Å². The predicted molar refractivity (Wildman–Crippen MR) is 80.2 cm³/mol. The van der Waals surface area contributed by atoms with Gasteiger partial charge in [0.2, 0.25) is 0 Å². The Kier molecular flexibility index (Phi) is 4.52. The van der Waals surface area contributed by atoms with Gasteiger partial charge in [-0.15, -0.1) is 0 Å². The minimum Gasteiger partial charge on any atom is -0.269 e. The normalized spacial score (nSPS) is 19.2. The summed E-state index contributed by atoms with van der Waals surface area (Å²) in [6, 6.07) is 2.77. The lowest BCUT2D eigenvalue weighted by Crippen LogP contribution is -2.24. The first kappa shape index (κ1) is 14.1. The molecule has 2 rings (SSSR count). The van der Waals surface area contributed by atoms with Gasteiger partial charge in [-0.3, -0.25) is 4.68 Å². The fourth-order valence-corrected chi connectivity index (χ4v) is 3.49. The van der Waals surface area contributed by atoms with Crippen LogP contribution in [0, 0.1) is 11.3 Å². The molecule has 0 radical (unpaired) electrons. The van der Waals surface area contributed by atoms with E-state index in [-0.39, 0.29) is 0 Å². The van der Waals surface area contributed by atoms with Gasteiger partial charge in [-0.25, -0.2) is 0 Å². The molecule has 2 nitrogen and oxygen atoms in total. The van der Waals surface area contributed by atoms with Gasteiger partial charge >= 0.3 is 0 Å². The molecule has 102 valence electrons. The van der Waals surface area contributed by atoms with Gasteiger partial charge in [-0.2, -0.15) is 5.10 Å². The lowest BCUT2D eigenvalue weighted by Gasteiger charge is -2.26. The van der Waals surface area contributed by atoms with Crippen molar-refractivity contribution in [3.63, 3.8) is 0 Å². The highest BCUT2D eigenvalue weighted by molar-refractivity contribution is 9.09. The monoisotopic (exact) mass is 312 g/mol. The van der Waals surface area contributed by atoms with Crippen molar-refractivity contribution in [2.45, 2.75) is 58.9 Å². The largest absolute Gasteiger partial charge is 0.269 e. The number of hydrogen-bond acceptors (Lipinski definition) is 1. The van der Waals surface area contributed by atoms with E-state index in [0.29, 0.717) is 11.5 Å². The number of hydrogen-bond donors (Lipinski definition) is 0. The Balaban J connectivity index is 2.05. The average Bonchev–Trinajstić information content (AvgIpc) is 3.14. The topological polar surface area (TPSA) is 17.8 Å². The van der Waals surface area contributed by atoms with Crippen molar-refractivity contribution >= 4 is 15.9 Å². The molecule has 0 saturated heterocycles. The molecular formula is C15H25BrN2. The third kappa shape index (κ3) is 2.98. The van der Waals surface area contributed by atoms with Crippen molar-refractivity contribution in [2.75, 3.05) is 5.33 Å². The first-order valence-electron chi connectivity index (χ1n) is 7.23. The Morgan fingerprint density at radius 2 is 2.11 bits per heavy atom. The van der Waals surface area contributed by atoms with Crippen LogP contribution < -0.4 is 0 Å². The van der Waals surface area contributed by atoms with Crippen LogP contribution in [-0.4, -0.2) is 15.1 Å². The summed E-state index contributed by atoms with van der Waals surface area (Å²) in [7, 11) is 0. The quantitative estimate of drug-likeness (QED) is 0.673. The zero-order valence-electron chi connectivity index (χ0n) is 11.8. The Hall–Kier alpha value is -0.310. The van der Waals surface area contributed by atoms with E-state index >= 15 is 0 Å². The highest BCUT2D eigenvalue weighted by atomic mass is 79.9. The van der Waals surface area contributed by atoms with Crippen LogP contribution >= 0.6 is 15.9 Å². The smallest absolute Gasteiger partial charge is 0.0630 e. The van der Waals surface area contributed by atoms with E-state index in [1.807, 2.05) is 0 Å². The Bertz CT molecular complexity index is 380. The minimum absolute atomic E-state index is 0.396. The third-order valence-corrected chi connectivity index (χ3v) is 5.71. The van der Waals surface area contributed by atoms with Gasteiger partial charge in [-0.1, -0.05) is 36.7 Å². The summed E-state index contributed by atoms with van der Waals surface area (Å²) in [5, 5.41) is 5.88. The van der Waals surface area contributed by atoms with Crippen LogP contribution in [0.1, 0.15) is 58.2 Å². The second-order valence-corrected chi connectivity index (χ2v) is 6.56. The summed E-state index contributed by atoms with van der Waals surface area (Å²) in [6.07, 6.45) is 8.39. The SMILES string of the molecule is CCC(CC)n1ccc(CC(C)(CBr)C2CC2)n1. The van der Waals surface area contributed by atoms with E-state index in [2.05, 4.69) is 53.6 Å². The van der Waals surface area contributed by atoms with Crippen LogP contribution in [0.15, 0.2) is 12.3 Å². The van der Waals surface area contributed by atoms with Crippen LogP contribution in [0.2, 0.25) is 0 Å². The summed E-state index contributed by atoms with van der Waals surface area (Å²) >= 11 is 3.70. The molecule has 0 spiro atoms. The lowest BCUT2D eigenvalue weighted by atomic mass is 9.82. The van der Waals surface area contributed by atoms with E-state index < -0.39 is 0 Å². The molecule has 1 aliphatic carbocycles. The van der Waals surface area contributed by atoms with Crippen molar-refractivity contribution < 1.29 is 0 Å². The molecule has 1 aromatic rings. The number of halogens is 1. The molecule has 1 saturated carbocycles. The van der Waals surface area contributed by atoms with Crippen LogP contribution in [0.3, 0.4) is 0 Å². The molecule has 0 aliphatic heterocycles. The summed E-state index contributed by atoms with van der Waals surface area (Å²) in [6.45, 7) is 6.88. The van der Waals surface area contributed by atoms with Crippen LogP contribution in [-0.2, 0) is 6.42 Å². The molecule has 0 N–H and O–H groups in total. The Morgan fingerprint density at radius 1 is 1.44 bits per heavy atom. The zero-order valence-corrected chi connectivity index (χ0v) is 13.4. The lowest BCUT2D eigenvalue weighted by molar-refractivity contribution is 0.312. The second kappa shape index (κ2) is 5.77.